The zero-order valence-corrected chi connectivity index (χ0v) is 15.6. The van der Waals surface area contributed by atoms with E-state index < -0.39 is 0 Å². The van der Waals surface area contributed by atoms with E-state index in [1.165, 1.54) is 11.8 Å². The van der Waals surface area contributed by atoms with Crippen molar-refractivity contribution < 1.29 is 4.79 Å². The van der Waals surface area contributed by atoms with Gasteiger partial charge in [-0.05, 0) is 47.7 Å². The van der Waals surface area contributed by atoms with E-state index in [0.29, 0.717) is 22.4 Å². The first-order valence-electron chi connectivity index (χ1n) is 8.18. The van der Waals surface area contributed by atoms with Gasteiger partial charge in [-0.1, -0.05) is 24.3 Å². The van der Waals surface area contributed by atoms with Crippen LogP contribution in [0.15, 0.2) is 71.2 Å². The highest BCUT2D eigenvalue weighted by atomic mass is 32.2. The summed E-state index contributed by atoms with van der Waals surface area (Å²) in [5, 5.41) is 0.616. The Bertz CT molecular complexity index is 857. The number of anilines is 1. The molecule has 26 heavy (non-hydrogen) atoms. The second-order valence-electron chi connectivity index (χ2n) is 5.88. The number of nitrogens with zero attached hydrogens (tertiary/aromatic N) is 4. The summed E-state index contributed by atoms with van der Waals surface area (Å²) in [6.45, 7) is 4.15. The SMILES string of the molecule is C=CCN1C(=O)/C(=C/c2ccc(N(C)C)cc2)S/C1=N/c1ccccn1. The molecule has 3 rings (SSSR count). The van der Waals surface area contributed by atoms with E-state index in [1.54, 1.807) is 17.2 Å². The Morgan fingerprint density at radius 3 is 2.62 bits per heavy atom. The number of pyridine rings is 1. The van der Waals surface area contributed by atoms with Crippen LogP contribution in [-0.4, -0.2) is 41.6 Å². The number of thioether (sulfide) groups is 1. The molecule has 0 saturated carbocycles. The predicted molar refractivity (Wildman–Crippen MR) is 110 cm³/mol. The molecule has 0 radical (unpaired) electrons. The molecule has 1 fully saturated rings. The molecule has 1 amide bonds. The molecule has 2 heterocycles. The molecule has 1 saturated heterocycles. The lowest BCUT2D eigenvalue weighted by atomic mass is 10.2. The number of carbonyl (C=O) groups is 1. The average Bonchev–Trinajstić information content (AvgIpc) is 2.92. The zero-order valence-electron chi connectivity index (χ0n) is 14.8. The Labute approximate surface area is 157 Å². The highest BCUT2D eigenvalue weighted by molar-refractivity contribution is 8.18. The number of rotatable bonds is 5. The first kappa shape index (κ1) is 17.9. The van der Waals surface area contributed by atoms with Crippen LogP contribution in [0.25, 0.3) is 6.08 Å². The van der Waals surface area contributed by atoms with Crippen molar-refractivity contribution in [3.05, 3.63) is 71.8 Å². The third kappa shape index (κ3) is 4.03. The number of hydrogen-bond acceptors (Lipinski definition) is 5. The molecule has 5 nitrogen and oxygen atoms in total. The summed E-state index contributed by atoms with van der Waals surface area (Å²) in [5.41, 5.74) is 2.09. The summed E-state index contributed by atoms with van der Waals surface area (Å²) >= 11 is 1.36. The van der Waals surface area contributed by atoms with Crippen molar-refractivity contribution >= 4 is 40.4 Å². The molecule has 132 valence electrons. The summed E-state index contributed by atoms with van der Waals surface area (Å²) in [4.78, 5) is 25.8. The quantitative estimate of drug-likeness (QED) is 0.596. The summed E-state index contributed by atoms with van der Waals surface area (Å²) < 4.78 is 0. The average molecular weight is 364 g/mol. The topological polar surface area (TPSA) is 48.8 Å². The molecule has 0 aliphatic carbocycles. The minimum Gasteiger partial charge on any atom is -0.378 e. The molecule has 0 spiro atoms. The second-order valence-corrected chi connectivity index (χ2v) is 6.89. The van der Waals surface area contributed by atoms with Gasteiger partial charge in [-0.2, -0.15) is 0 Å². The molecule has 1 aromatic carbocycles. The van der Waals surface area contributed by atoms with Gasteiger partial charge in [0.05, 0.1) is 4.91 Å². The van der Waals surface area contributed by atoms with Crippen molar-refractivity contribution in [3.63, 3.8) is 0 Å². The van der Waals surface area contributed by atoms with Crippen LogP contribution in [0.2, 0.25) is 0 Å². The maximum absolute atomic E-state index is 12.8. The number of aromatic nitrogens is 1. The predicted octanol–water partition coefficient (Wildman–Crippen LogP) is 3.94. The number of hydrogen-bond donors (Lipinski definition) is 0. The maximum Gasteiger partial charge on any atom is 0.267 e. The highest BCUT2D eigenvalue weighted by Gasteiger charge is 2.32. The third-order valence-corrected chi connectivity index (χ3v) is 4.77. The molecule has 1 aromatic heterocycles. The van der Waals surface area contributed by atoms with Gasteiger partial charge in [0.15, 0.2) is 11.0 Å². The van der Waals surface area contributed by atoms with Crippen molar-refractivity contribution in [2.75, 3.05) is 25.5 Å². The fraction of sp³-hybridized carbons (Fsp3) is 0.150. The lowest BCUT2D eigenvalue weighted by Gasteiger charge is -2.12. The van der Waals surface area contributed by atoms with Crippen molar-refractivity contribution in [2.45, 2.75) is 0 Å². The summed E-state index contributed by atoms with van der Waals surface area (Å²) in [6, 6.07) is 13.6. The Balaban J connectivity index is 1.90. The van der Waals surface area contributed by atoms with Gasteiger partial charge in [0.25, 0.3) is 5.91 Å². The molecule has 0 N–H and O–H groups in total. The third-order valence-electron chi connectivity index (χ3n) is 3.77. The van der Waals surface area contributed by atoms with Crippen LogP contribution in [0.3, 0.4) is 0 Å². The van der Waals surface area contributed by atoms with Crippen LogP contribution in [0.4, 0.5) is 11.5 Å². The summed E-state index contributed by atoms with van der Waals surface area (Å²) in [5.74, 6) is 0.509. The second kappa shape index (κ2) is 8.01. The van der Waals surface area contributed by atoms with Crippen LogP contribution in [0, 0.1) is 0 Å². The minimum atomic E-state index is -0.0683. The molecular formula is C20H20N4OS. The van der Waals surface area contributed by atoms with Crippen LogP contribution in [-0.2, 0) is 4.79 Å². The lowest BCUT2D eigenvalue weighted by Crippen LogP contribution is -2.29. The van der Waals surface area contributed by atoms with Crippen LogP contribution in [0.5, 0.6) is 0 Å². The molecule has 1 aliphatic rings. The molecule has 0 atom stereocenters. The zero-order chi connectivity index (χ0) is 18.5. The molecule has 1 aliphatic heterocycles. The molecule has 6 heteroatoms. The first-order chi connectivity index (χ1) is 12.6. The van der Waals surface area contributed by atoms with Crippen LogP contribution >= 0.6 is 11.8 Å². The number of amides is 1. The Morgan fingerprint density at radius 1 is 1.23 bits per heavy atom. The van der Waals surface area contributed by atoms with E-state index >= 15 is 0 Å². The molecule has 2 aromatic rings. The van der Waals surface area contributed by atoms with Gasteiger partial charge >= 0.3 is 0 Å². The maximum atomic E-state index is 12.8. The minimum absolute atomic E-state index is 0.0683. The van der Waals surface area contributed by atoms with E-state index in [1.807, 2.05) is 67.5 Å². The first-order valence-corrected chi connectivity index (χ1v) is 8.99. The van der Waals surface area contributed by atoms with Gasteiger partial charge in [-0.25, -0.2) is 9.98 Å². The Morgan fingerprint density at radius 2 is 2.00 bits per heavy atom. The fourth-order valence-electron chi connectivity index (χ4n) is 2.42. The fourth-order valence-corrected chi connectivity index (χ4v) is 3.42. The summed E-state index contributed by atoms with van der Waals surface area (Å²) in [6.07, 6.45) is 5.27. The van der Waals surface area contributed by atoms with Gasteiger partial charge < -0.3 is 4.90 Å². The van der Waals surface area contributed by atoms with E-state index in [-0.39, 0.29) is 5.91 Å². The van der Waals surface area contributed by atoms with E-state index in [0.717, 1.165) is 11.3 Å². The van der Waals surface area contributed by atoms with Crippen molar-refractivity contribution in [3.8, 4) is 0 Å². The normalized spacial score (nSPS) is 17.2. The van der Waals surface area contributed by atoms with Crippen LogP contribution < -0.4 is 4.90 Å². The van der Waals surface area contributed by atoms with Gasteiger partial charge in [0.2, 0.25) is 0 Å². The number of carbonyl (C=O) groups excluding carboxylic acids is 1. The lowest BCUT2D eigenvalue weighted by molar-refractivity contribution is -0.121. The summed E-state index contributed by atoms with van der Waals surface area (Å²) in [7, 11) is 3.99. The number of aliphatic imine (C=N–C) groups is 1. The molecule has 0 unspecified atom stereocenters. The molecule has 0 bridgehead atoms. The smallest absolute Gasteiger partial charge is 0.267 e. The van der Waals surface area contributed by atoms with Gasteiger partial charge in [0, 0.05) is 32.5 Å². The molecular weight excluding hydrogens is 344 g/mol. The van der Waals surface area contributed by atoms with Crippen molar-refractivity contribution in [1.29, 1.82) is 0 Å². The Kier molecular flexibility index (Phi) is 5.53. The number of benzene rings is 1. The van der Waals surface area contributed by atoms with E-state index in [4.69, 9.17) is 0 Å². The highest BCUT2D eigenvalue weighted by Crippen LogP contribution is 2.33. The standard InChI is InChI=1S/C20H20N4OS/c1-4-13-24-19(25)17(14-15-8-10-16(11-9-15)23(2)3)26-20(24)22-18-7-5-6-12-21-18/h4-12,14H,1,13H2,2-3H3/b17-14-,22-20+. The monoisotopic (exact) mass is 364 g/mol. The largest absolute Gasteiger partial charge is 0.378 e. The van der Waals surface area contributed by atoms with Gasteiger partial charge in [0.1, 0.15) is 0 Å². The number of amidine groups is 1. The van der Waals surface area contributed by atoms with E-state index in [2.05, 4.69) is 16.6 Å². The van der Waals surface area contributed by atoms with Gasteiger partial charge in [-0.15, -0.1) is 6.58 Å². The van der Waals surface area contributed by atoms with Gasteiger partial charge in [-0.3, -0.25) is 9.69 Å². The van der Waals surface area contributed by atoms with Crippen molar-refractivity contribution in [1.82, 2.24) is 9.88 Å². The van der Waals surface area contributed by atoms with E-state index in [9.17, 15) is 4.79 Å². The van der Waals surface area contributed by atoms with Crippen LogP contribution in [0.1, 0.15) is 5.56 Å². The van der Waals surface area contributed by atoms with Crippen molar-refractivity contribution in [2.24, 2.45) is 4.99 Å². The Hall–Kier alpha value is -2.86.